The van der Waals surface area contributed by atoms with Crippen molar-refractivity contribution in [1.29, 1.82) is 0 Å². The van der Waals surface area contributed by atoms with Crippen LogP contribution >= 0.6 is 0 Å². The van der Waals surface area contributed by atoms with E-state index in [4.69, 9.17) is 0 Å². The first-order valence-electron chi connectivity index (χ1n) is 7.18. The van der Waals surface area contributed by atoms with Gasteiger partial charge in [0.1, 0.15) is 5.78 Å². The third kappa shape index (κ3) is 3.01. The summed E-state index contributed by atoms with van der Waals surface area (Å²) in [7, 11) is 0. The fourth-order valence-corrected chi connectivity index (χ4v) is 3.15. The molecule has 2 rings (SSSR count). The molecule has 1 nitrogen and oxygen atoms in total. The summed E-state index contributed by atoms with van der Waals surface area (Å²) in [6.45, 7) is 6.58. The van der Waals surface area contributed by atoms with Crippen LogP contribution in [-0.4, -0.2) is 5.78 Å². The normalized spacial score (nSPS) is 21.9. The number of aryl methyl sites for hydroxylation is 2. The number of hydrogen-bond acceptors (Lipinski definition) is 1. The zero-order valence-electron chi connectivity index (χ0n) is 11.8. The fourth-order valence-electron chi connectivity index (χ4n) is 3.15. The number of Topliss-reactive ketones (excluding diaryl/α,β-unsaturated/α-hetero) is 1. The van der Waals surface area contributed by atoms with E-state index in [2.05, 4.69) is 39.0 Å². The summed E-state index contributed by atoms with van der Waals surface area (Å²) in [5.41, 5.74) is 4.10. The van der Waals surface area contributed by atoms with E-state index >= 15 is 0 Å². The lowest BCUT2D eigenvalue weighted by molar-refractivity contribution is -0.124. The summed E-state index contributed by atoms with van der Waals surface area (Å²) in [5, 5.41) is 0. The second-order valence-electron chi connectivity index (χ2n) is 5.91. The van der Waals surface area contributed by atoms with Crippen LogP contribution in [0.2, 0.25) is 0 Å². The van der Waals surface area contributed by atoms with Crippen molar-refractivity contribution in [2.45, 2.75) is 58.8 Å². The van der Waals surface area contributed by atoms with Gasteiger partial charge in [-0.05, 0) is 50.2 Å². The molecule has 0 heterocycles. The highest BCUT2D eigenvalue weighted by Gasteiger charge is 2.24. The Labute approximate surface area is 111 Å². The Kier molecular flexibility index (Phi) is 4.21. The van der Waals surface area contributed by atoms with Crippen LogP contribution in [0.25, 0.3) is 0 Å². The van der Waals surface area contributed by atoms with Gasteiger partial charge in [-0.1, -0.05) is 37.1 Å². The minimum atomic E-state index is 0.314. The van der Waals surface area contributed by atoms with Crippen LogP contribution in [0.4, 0.5) is 0 Å². The first kappa shape index (κ1) is 13.3. The summed E-state index contributed by atoms with van der Waals surface area (Å²) in [5.74, 6) is 1.31. The third-order valence-electron chi connectivity index (χ3n) is 4.28. The summed E-state index contributed by atoms with van der Waals surface area (Å²) < 4.78 is 0. The quantitative estimate of drug-likeness (QED) is 0.762. The standard InChI is InChI=1S/C17H24O/c1-12-8-9-13(2)16(10-12)14(3)11-15-6-4-5-7-17(15)18/h8-10,14-15H,4-7,11H2,1-3H3. The van der Waals surface area contributed by atoms with Crippen molar-refractivity contribution in [1.82, 2.24) is 0 Å². The first-order chi connectivity index (χ1) is 8.58. The number of carbonyl (C=O) groups is 1. The minimum Gasteiger partial charge on any atom is -0.299 e. The molecule has 0 N–H and O–H groups in total. The predicted octanol–water partition coefficient (Wildman–Crippen LogP) is 4.56. The Morgan fingerprint density at radius 1 is 1.28 bits per heavy atom. The van der Waals surface area contributed by atoms with Gasteiger partial charge in [-0.2, -0.15) is 0 Å². The monoisotopic (exact) mass is 244 g/mol. The van der Waals surface area contributed by atoms with Gasteiger partial charge < -0.3 is 0 Å². The van der Waals surface area contributed by atoms with Crippen LogP contribution in [0.5, 0.6) is 0 Å². The zero-order chi connectivity index (χ0) is 13.1. The van der Waals surface area contributed by atoms with Crippen molar-refractivity contribution in [3.05, 3.63) is 34.9 Å². The molecule has 0 bridgehead atoms. The zero-order valence-corrected chi connectivity index (χ0v) is 11.8. The molecule has 0 aromatic heterocycles. The maximum Gasteiger partial charge on any atom is 0.135 e. The molecule has 0 aliphatic heterocycles. The van der Waals surface area contributed by atoms with E-state index in [9.17, 15) is 4.79 Å². The lowest BCUT2D eigenvalue weighted by atomic mass is 9.79. The van der Waals surface area contributed by atoms with E-state index in [0.29, 0.717) is 17.6 Å². The average molecular weight is 244 g/mol. The Hall–Kier alpha value is -1.11. The summed E-state index contributed by atoms with van der Waals surface area (Å²) in [6, 6.07) is 6.65. The van der Waals surface area contributed by atoms with Gasteiger partial charge in [-0.3, -0.25) is 4.79 Å². The molecule has 1 aromatic rings. The van der Waals surface area contributed by atoms with E-state index in [-0.39, 0.29) is 0 Å². The van der Waals surface area contributed by atoms with Gasteiger partial charge in [0, 0.05) is 12.3 Å². The second-order valence-corrected chi connectivity index (χ2v) is 5.91. The molecule has 0 spiro atoms. The van der Waals surface area contributed by atoms with Crippen LogP contribution in [0.1, 0.15) is 61.6 Å². The van der Waals surface area contributed by atoms with Gasteiger partial charge in [0.05, 0.1) is 0 Å². The van der Waals surface area contributed by atoms with E-state index in [1.54, 1.807) is 0 Å². The highest BCUT2D eigenvalue weighted by molar-refractivity contribution is 5.81. The van der Waals surface area contributed by atoms with E-state index in [0.717, 1.165) is 25.7 Å². The number of ketones is 1. The lowest BCUT2D eigenvalue weighted by Gasteiger charge is -2.24. The smallest absolute Gasteiger partial charge is 0.135 e. The van der Waals surface area contributed by atoms with Crippen LogP contribution in [0.3, 0.4) is 0 Å². The maximum absolute atomic E-state index is 11.9. The third-order valence-corrected chi connectivity index (χ3v) is 4.28. The van der Waals surface area contributed by atoms with Gasteiger partial charge in [-0.25, -0.2) is 0 Å². The van der Waals surface area contributed by atoms with Gasteiger partial charge in [0.2, 0.25) is 0 Å². The molecular formula is C17H24O. The van der Waals surface area contributed by atoms with E-state index < -0.39 is 0 Å². The molecule has 98 valence electrons. The summed E-state index contributed by atoms with van der Waals surface area (Å²) in [6.07, 6.45) is 5.28. The topological polar surface area (TPSA) is 17.1 Å². The van der Waals surface area contributed by atoms with Crippen LogP contribution < -0.4 is 0 Å². The predicted molar refractivity (Wildman–Crippen MR) is 75.9 cm³/mol. The molecule has 2 atom stereocenters. The molecule has 0 amide bonds. The second kappa shape index (κ2) is 5.69. The largest absolute Gasteiger partial charge is 0.299 e. The summed E-state index contributed by atoms with van der Waals surface area (Å²) >= 11 is 0. The number of carbonyl (C=O) groups excluding carboxylic acids is 1. The van der Waals surface area contributed by atoms with E-state index in [1.807, 2.05) is 0 Å². The van der Waals surface area contributed by atoms with Gasteiger partial charge in [-0.15, -0.1) is 0 Å². The number of hydrogen-bond donors (Lipinski definition) is 0. The van der Waals surface area contributed by atoms with Crippen molar-refractivity contribution in [2.75, 3.05) is 0 Å². The Morgan fingerprint density at radius 2 is 2.06 bits per heavy atom. The highest BCUT2D eigenvalue weighted by Crippen LogP contribution is 2.32. The fraction of sp³-hybridized carbons (Fsp3) is 0.588. The van der Waals surface area contributed by atoms with Crippen molar-refractivity contribution >= 4 is 5.78 Å². The molecule has 1 fully saturated rings. The summed E-state index contributed by atoms with van der Waals surface area (Å²) in [4.78, 5) is 11.9. The number of rotatable bonds is 3. The van der Waals surface area contributed by atoms with Crippen LogP contribution in [-0.2, 0) is 4.79 Å². The first-order valence-corrected chi connectivity index (χ1v) is 7.18. The van der Waals surface area contributed by atoms with E-state index in [1.165, 1.54) is 23.1 Å². The van der Waals surface area contributed by atoms with Crippen molar-refractivity contribution in [3.63, 3.8) is 0 Å². The molecule has 1 aromatic carbocycles. The van der Waals surface area contributed by atoms with Crippen molar-refractivity contribution in [2.24, 2.45) is 5.92 Å². The maximum atomic E-state index is 11.9. The van der Waals surface area contributed by atoms with Gasteiger partial charge in [0.15, 0.2) is 0 Å². The molecule has 1 aliphatic carbocycles. The van der Waals surface area contributed by atoms with Crippen LogP contribution in [0, 0.1) is 19.8 Å². The molecule has 2 unspecified atom stereocenters. The SMILES string of the molecule is Cc1ccc(C)c(C(C)CC2CCCCC2=O)c1. The highest BCUT2D eigenvalue weighted by atomic mass is 16.1. The van der Waals surface area contributed by atoms with Gasteiger partial charge in [0.25, 0.3) is 0 Å². The van der Waals surface area contributed by atoms with Gasteiger partial charge >= 0.3 is 0 Å². The molecule has 1 heteroatoms. The number of benzene rings is 1. The Balaban J connectivity index is 2.08. The van der Waals surface area contributed by atoms with Crippen molar-refractivity contribution < 1.29 is 4.79 Å². The minimum absolute atomic E-state index is 0.314. The molecule has 18 heavy (non-hydrogen) atoms. The van der Waals surface area contributed by atoms with Crippen molar-refractivity contribution in [3.8, 4) is 0 Å². The average Bonchev–Trinajstić information content (AvgIpc) is 2.35. The Morgan fingerprint density at radius 3 is 2.78 bits per heavy atom. The Bertz CT molecular complexity index is 433. The molecule has 1 saturated carbocycles. The molecule has 0 radical (unpaired) electrons. The molecule has 0 saturated heterocycles. The molecule has 1 aliphatic rings. The van der Waals surface area contributed by atoms with Crippen LogP contribution in [0.15, 0.2) is 18.2 Å². The lowest BCUT2D eigenvalue weighted by Crippen LogP contribution is -2.20. The molecular weight excluding hydrogens is 220 g/mol.